The second kappa shape index (κ2) is 7.70. The van der Waals surface area contributed by atoms with Gasteiger partial charge in [-0.1, -0.05) is 11.8 Å². The van der Waals surface area contributed by atoms with Gasteiger partial charge in [-0.25, -0.2) is 4.98 Å². The molecule has 1 atom stereocenters. The van der Waals surface area contributed by atoms with Crippen LogP contribution in [0.1, 0.15) is 36.1 Å². The highest BCUT2D eigenvalue weighted by atomic mass is 32.2. The maximum absolute atomic E-state index is 13.3. The average molecular weight is 395 g/mol. The largest absolute Gasteiger partial charge is 0.468 e. The summed E-state index contributed by atoms with van der Waals surface area (Å²) in [5.74, 6) is -0.177. The normalized spacial score (nSPS) is 19.7. The molecule has 1 aliphatic carbocycles. The van der Waals surface area contributed by atoms with Crippen molar-refractivity contribution in [2.45, 2.75) is 56.3 Å². The summed E-state index contributed by atoms with van der Waals surface area (Å²) in [6.07, 6.45) is 6.31. The van der Waals surface area contributed by atoms with Crippen LogP contribution in [0, 0.1) is 0 Å². The third-order valence-electron chi connectivity index (χ3n) is 5.00. The summed E-state index contributed by atoms with van der Waals surface area (Å²) in [4.78, 5) is 31.8. The molecule has 2 aromatic rings. The van der Waals surface area contributed by atoms with Gasteiger partial charge in [0.2, 0.25) is 0 Å². The van der Waals surface area contributed by atoms with E-state index >= 15 is 0 Å². The molecule has 140 valence electrons. The van der Waals surface area contributed by atoms with Gasteiger partial charge >= 0.3 is 5.97 Å². The number of thioether (sulfide) groups is 1. The minimum atomic E-state index is -0.321. The van der Waals surface area contributed by atoms with Gasteiger partial charge in [0, 0.05) is 11.5 Å². The highest BCUT2D eigenvalue weighted by Gasteiger charge is 2.25. The molecule has 0 amide bonds. The van der Waals surface area contributed by atoms with Crippen molar-refractivity contribution in [3.63, 3.8) is 0 Å². The number of methoxy groups -OCH3 is 1. The number of carbonyl (C=O) groups excluding carboxylic acids is 1. The summed E-state index contributed by atoms with van der Waals surface area (Å²) in [7, 11) is 1.37. The molecule has 0 aromatic carbocycles. The number of nitrogens with zero attached hydrogens (tertiary/aromatic N) is 2. The molecular formula is C18H22N2O4S2. The van der Waals surface area contributed by atoms with E-state index in [-0.39, 0.29) is 23.4 Å². The predicted octanol–water partition coefficient (Wildman–Crippen LogP) is 2.78. The Hall–Kier alpha value is -1.38. The van der Waals surface area contributed by atoms with Gasteiger partial charge < -0.3 is 9.47 Å². The average Bonchev–Trinajstić information content (AvgIpc) is 3.29. The van der Waals surface area contributed by atoms with Gasteiger partial charge in [0.25, 0.3) is 5.56 Å². The number of ether oxygens (including phenoxy) is 2. The Labute approximate surface area is 159 Å². The Morgan fingerprint density at radius 1 is 1.38 bits per heavy atom. The summed E-state index contributed by atoms with van der Waals surface area (Å²) < 4.78 is 12.2. The lowest BCUT2D eigenvalue weighted by Gasteiger charge is -2.16. The molecule has 2 aliphatic rings. The number of hydrogen-bond donors (Lipinski definition) is 0. The molecular weight excluding hydrogens is 372 g/mol. The Morgan fingerprint density at radius 3 is 3.00 bits per heavy atom. The van der Waals surface area contributed by atoms with E-state index in [1.165, 1.54) is 35.7 Å². The first-order valence-electron chi connectivity index (χ1n) is 9.03. The first-order valence-corrected chi connectivity index (χ1v) is 10.8. The quantitative estimate of drug-likeness (QED) is 0.441. The van der Waals surface area contributed by atoms with E-state index in [9.17, 15) is 9.59 Å². The lowest BCUT2D eigenvalue weighted by molar-refractivity contribution is -0.137. The molecule has 26 heavy (non-hydrogen) atoms. The van der Waals surface area contributed by atoms with Crippen molar-refractivity contribution >= 4 is 39.3 Å². The number of carbonyl (C=O) groups is 1. The van der Waals surface area contributed by atoms with Crippen LogP contribution >= 0.6 is 23.1 Å². The van der Waals surface area contributed by atoms with Gasteiger partial charge in [0.1, 0.15) is 4.83 Å². The van der Waals surface area contributed by atoms with Gasteiger partial charge in [-0.15, -0.1) is 11.3 Å². The Morgan fingerprint density at radius 2 is 2.23 bits per heavy atom. The van der Waals surface area contributed by atoms with Gasteiger partial charge in [-0.3, -0.25) is 14.2 Å². The molecule has 1 aliphatic heterocycles. The van der Waals surface area contributed by atoms with Crippen molar-refractivity contribution in [3.05, 3.63) is 20.8 Å². The minimum absolute atomic E-state index is 0.0114. The molecule has 2 aromatic heterocycles. The molecule has 0 N–H and O–H groups in total. The second-order valence-electron chi connectivity index (χ2n) is 6.70. The number of aryl methyl sites for hydroxylation is 2. The number of thiophene rings is 1. The standard InChI is InChI=1S/C18H22N2O4S2/c1-23-14(21)10-25-18-19-16-15(12-6-2-3-7-13(12)26-16)17(22)20(18)9-11-5-4-8-24-11/h11H,2-10H2,1H3. The summed E-state index contributed by atoms with van der Waals surface area (Å²) in [5.41, 5.74) is 1.21. The molecule has 8 heteroatoms. The smallest absolute Gasteiger partial charge is 0.316 e. The molecule has 0 spiro atoms. The lowest BCUT2D eigenvalue weighted by Crippen LogP contribution is -2.29. The van der Waals surface area contributed by atoms with Crippen LogP contribution in [0.2, 0.25) is 0 Å². The molecule has 0 radical (unpaired) electrons. The maximum Gasteiger partial charge on any atom is 0.316 e. The molecule has 1 unspecified atom stereocenters. The van der Waals surface area contributed by atoms with Crippen LogP contribution in [0.15, 0.2) is 9.95 Å². The Kier molecular flexibility index (Phi) is 5.33. The third kappa shape index (κ3) is 3.42. The molecule has 6 nitrogen and oxygen atoms in total. The summed E-state index contributed by atoms with van der Waals surface area (Å²) in [6, 6.07) is 0. The summed E-state index contributed by atoms with van der Waals surface area (Å²) in [5, 5.41) is 1.37. The zero-order chi connectivity index (χ0) is 18.1. The van der Waals surface area contributed by atoms with Crippen LogP contribution in [0.4, 0.5) is 0 Å². The second-order valence-corrected chi connectivity index (χ2v) is 8.73. The number of fused-ring (bicyclic) bond motifs is 3. The first kappa shape index (κ1) is 18.0. The fourth-order valence-corrected chi connectivity index (χ4v) is 5.81. The van der Waals surface area contributed by atoms with Crippen LogP contribution in [0.25, 0.3) is 10.2 Å². The van der Waals surface area contributed by atoms with Crippen molar-refractivity contribution in [2.75, 3.05) is 19.5 Å². The van der Waals surface area contributed by atoms with Gasteiger partial charge in [0.05, 0.1) is 30.9 Å². The van der Waals surface area contributed by atoms with Crippen molar-refractivity contribution in [1.82, 2.24) is 9.55 Å². The summed E-state index contributed by atoms with van der Waals surface area (Å²) >= 11 is 2.90. The molecule has 1 saturated heterocycles. The zero-order valence-electron chi connectivity index (χ0n) is 14.8. The number of hydrogen-bond acceptors (Lipinski definition) is 7. The number of rotatable bonds is 5. The van der Waals surface area contributed by atoms with Gasteiger partial charge in [-0.05, 0) is 44.1 Å². The van der Waals surface area contributed by atoms with E-state index in [1.807, 2.05) is 0 Å². The van der Waals surface area contributed by atoms with Crippen molar-refractivity contribution < 1.29 is 14.3 Å². The molecule has 1 fully saturated rings. The SMILES string of the molecule is COC(=O)CSc1nc2sc3c(c2c(=O)n1CC1CCCO1)CCCC3. The van der Waals surface area contributed by atoms with Crippen LogP contribution in [0.5, 0.6) is 0 Å². The highest BCUT2D eigenvalue weighted by Crippen LogP contribution is 2.35. The lowest BCUT2D eigenvalue weighted by atomic mass is 9.97. The van der Waals surface area contributed by atoms with E-state index in [4.69, 9.17) is 14.5 Å². The molecule has 0 saturated carbocycles. The van der Waals surface area contributed by atoms with E-state index < -0.39 is 0 Å². The van der Waals surface area contributed by atoms with E-state index in [1.54, 1.807) is 15.9 Å². The predicted molar refractivity (Wildman–Crippen MR) is 102 cm³/mol. The van der Waals surface area contributed by atoms with Crippen molar-refractivity contribution in [1.29, 1.82) is 0 Å². The molecule has 4 rings (SSSR count). The van der Waals surface area contributed by atoms with Crippen molar-refractivity contribution in [3.8, 4) is 0 Å². The highest BCUT2D eigenvalue weighted by molar-refractivity contribution is 7.99. The molecule has 3 heterocycles. The van der Waals surface area contributed by atoms with Crippen molar-refractivity contribution in [2.24, 2.45) is 0 Å². The van der Waals surface area contributed by atoms with E-state index in [2.05, 4.69) is 0 Å². The Balaban J connectivity index is 1.78. The fourth-order valence-electron chi connectivity index (χ4n) is 3.67. The first-order chi connectivity index (χ1) is 12.7. The monoisotopic (exact) mass is 394 g/mol. The maximum atomic E-state index is 13.3. The number of aromatic nitrogens is 2. The minimum Gasteiger partial charge on any atom is -0.468 e. The van der Waals surface area contributed by atoms with Gasteiger partial charge in [0.15, 0.2) is 5.16 Å². The third-order valence-corrected chi connectivity index (χ3v) is 7.13. The summed E-state index contributed by atoms with van der Waals surface area (Å²) in [6.45, 7) is 1.24. The van der Waals surface area contributed by atoms with Crippen LogP contribution in [-0.2, 0) is 33.7 Å². The van der Waals surface area contributed by atoms with Crippen LogP contribution in [0.3, 0.4) is 0 Å². The zero-order valence-corrected chi connectivity index (χ0v) is 16.4. The molecule has 0 bridgehead atoms. The number of esters is 1. The fraction of sp³-hybridized carbons (Fsp3) is 0.611. The van der Waals surface area contributed by atoms with E-state index in [0.29, 0.717) is 11.7 Å². The topological polar surface area (TPSA) is 70.4 Å². The van der Waals surface area contributed by atoms with Crippen LogP contribution in [-0.4, -0.2) is 41.1 Å². The van der Waals surface area contributed by atoms with Gasteiger partial charge in [-0.2, -0.15) is 0 Å². The van der Waals surface area contributed by atoms with Crippen LogP contribution < -0.4 is 5.56 Å². The Bertz CT molecular complexity index is 883. The van der Waals surface area contributed by atoms with E-state index in [0.717, 1.165) is 48.9 Å².